The highest BCUT2D eigenvalue weighted by atomic mass is 32.1. The third kappa shape index (κ3) is 1.06. The number of nitrogens with zero attached hydrogens (tertiary/aromatic N) is 1. The van der Waals surface area contributed by atoms with Crippen molar-refractivity contribution in [2.75, 3.05) is 19.8 Å². The third-order valence-corrected chi connectivity index (χ3v) is 4.10. The van der Waals surface area contributed by atoms with E-state index in [-0.39, 0.29) is 5.41 Å². The molecule has 1 spiro atoms. The summed E-state index contributed by atoms with van der Waals surface area (Å²) in [5.41, 5.74) is 1.64. The third-order valence-electron chi connectivity index (χ3n) is 3.01. The summed E-state index contributed by atoms with van der Waals surface area (Å²) in [6, 6.07) is 0. The lowest BCUT2D eigenvalue weighted by molar-refractivity contribution is 0.174. The minimum absolute atomic E-state index is 0.259. The minimum Gasteiger partial charge on any atom is -0.380 e. The van der Waals surface area contributed by atoms with Crippen LogP contribution in [0.1, 0.15) is 16.9 Å². The summed E-state index contributed by atoms with van der Waals surface area (Å²) in [5.74, 6) is 0. The standard InChI is InChI=1S/C9H12N2OS/c1-2-12-6-9(1)5-10-3-7-4-11-13-8(7)9/h4,10H,1-3,5-6H2. The Morgan fingerprint density at radius 1 is 1.62 bits per heavy atom. The number of hydrogen-bond donors (Lipinski definition) is 1. The second kappa shape index (κ2) is 2.77. The highest BCUT2D eigenvalue weighted by molar-refractivity contribution is 7.06. The highest BCUT2D eigenvalue weighted by Crippen LogP contribution is 2.39. The van der Waals surface area contributed by atoms with Crippen molar-refractivity contribution < 1.29 is 4.74 Å². The first-order valence-corrected chi connectivity index (χ1v) is 5.41. The van der Waals surface area contributed by atoms with Crippen molar-refractivity contribution in [3.8, 4) is 0 Å². The van der Waals surface area contributed by atoms with Crippen LogP contribution in [0.5, 0.6) is 0 Å². The van der Waals surface area contributed by atoms with E-state index in [2.05, 4.69) is 9.69 Å². The highest BCUT2D eigenvalue weighted by Gasteiger charge is 2.41. The number of aromatic nitrogens is 1. The predicted molar refractivity (Wildman–Crippen MR) is 50.9 cm³/mol. The molecule has 13 heavy (non-hydrogen) atoms. The SMILES string of the molecule is c1nsc2c1CNCC21CCOC1. The molecule has 4 heteroatoms. The summed E-state index contributed by atoms with van der Waals surface area (Å²) < 4.78 is 9.77. The van der Waals surface area contributed by atoms with Crippen LogP contribution in [0.15, 0.2) is 6.20 Å². The van der Waals surface area contributed by atoms with Crippen LogP contribution in [0.3, 0.4) is 0 Å². The summed E-state index contributed by atoms with van der Waals surface area (Å²) >= 11 is 1.65. The average molecular weight is 196 g/mol. The van der Waals surface area contributed by atoms with E-state index in [9.17, 15) is 0 Å². The van der Waals surface area contributed by atoms with Gasteiger partial charge in [-0.05, 0) is 18.0 Å². The Hall–Kier alpha value is -0.450. The zero-order chi connectivity index (χ0) is 8.73. The summed E-state index contributed by atoms with van der Waals surface area (Å²) in [6.07, 6.45) is 3.14. The van der Waals surface area contributed by atoms with Crippen LogP contribution in [0.25, 0.3) is 0 Å². The maximum atomic E-state index is 5.50. The molecule has 1 aromatic heterocycles. The van der Waals surface area contributed by atoms with Gasteiger partial charge in [0.05, 0.1) is 6.61 Å². The Morgan fingerprint density at radius 3 is 3.46 bits per heavy atom. The van der Waals surface area contributed by atoms with Gasteiger partial charge in [0.1, 0.15) is 0 Å². The second-order valence-corrected chi connectivity index (χ2v) is 4.67. The topological polar surface area (TPSA) is 34.2 Å². The van der Waals surface area contributed by atoms with Crippen molar-refractivity contribution in [1.82, 2.24) is 9.69 Å². The largest absolute Gasteiger partial charge is 0.380 e. The second-order valence-electron chi connectivity index (χ2n) is 3.87. The molecule has 3 heterocycles. The Kier molecular flexibility index (Phi) is 1.68. The van der Waals surface area contributed by atoms with Crippen LogP contribution in [-0.4, -0.2) is 24.1 Å². The Labute approximate surface area is 81.3 Å². The lowest BCUT2D eigenvalue weighted by atomic mass is 9.81. The summed E-state index contributed by atoms with van der Waals surface area (Å²) in [6.45, 7) is 3.81. The van der Waals surface area contributed by atoms with Crippen LogP contribution in [-0.2, 0) is 16.7 Å². The zero-order valence-electron chi connectivity index (χ0n) is 7.38. The van der Waals surface area contributed by atoms with Gasteiger partial charge in [0.25, 0.3) is 0 Å². The first-order chi connectivity index (χ1) is 6.41. The molecule has 3 nitrogen and oxygen atoms in total. The number of hydrogen-bond acceptors (Lipinski definition) is 4. The van der Waals surface area contributed by atoms with Gasteiger partial charge >= 0.3 is 0 Å². The first-order valence-electron chi connectivity index (χ1n) is 4.63. The van der Waals surface area contributed by atoms with Gasteiger partial charge in [0.2, 0.25) is 0 Å². The van der Waals surface area contributed by atoms with Gasteiger partial charge in [-0.3, -0.25) is 0 Å². The molecule has 1 unspecified atom stereocenters. The van der Waals surface area contributed by atoms with E-state index in [1.807, 2.05) is 6.20 Å². The monoisotopic (exact) mass is 196 g/mol. The van der Waals surface area contributed by atoms with E-state index in [4.69, 9.17) is 4.74 Å². The molecule has 3 rings (SSSR count). The fraction of sp³-hybridized carbons (Fsp3) is 0.667. The van der Waals surface area contributed by atoms with Crippen LogP contribution in [0.4, 0.5) is 0 Å². The van der Waals surface area contributed by atoms with Gasteiger partial charge in [-0.1, -0.05) is 0 Å². The van der Waals surface area contributed by atoms with E-state index >= 15 is 0 Å². The number of ether oxygens (including phenoxy) is 1. The van der Waals surface area contributed by atoms with Gasteiger partial charge in [-0.25, -0.2) is 4.37 Å². The van der Waals surface area contributed by atoms with Crippen molar-refractivity contribution in [1.29, 1.82) is 0 Å². The molecule has 1 fully saturated rings. The fourth-order valence-corrected chi connectivity index (χ4v) is 3.22. The zero-order valence-corrected chi connectivity index (χ0v) is 8.19. The van der Waals surface area contributed by atoms with Crippen LogP contribution < -0.4 is 5.32 Å². The average Bonchev–Trinajstić information content (AvgIpc) is 2.74. The molecule has 0 saturated carbocycles. The van der Waals surface area contributed by atoms with Gasteiger partial charge < -0.3 is 10.1 Å². The molecule has 0 amide bonds. The lowest BCUT2D eigenvalue weighted by Crippen LogP contribution is -2.42. The maximum Gasteiger partial charge on any atom is 0.0584 e. The molecule has 2 aliphatic rings. The maximum absolute atomic E-state index is 5.50. The van der Waals surface area contributed by atoms with E-state index in [0.29, 0.717) is 0 Å². The van der Waals surface area contributed by atoms with E-state index < -0.39 is 0 Å². The van der Waals surface area contributed by atoms with Gasteiger partial charge in [-0.2, -0.15) is 0 Å². The van der Waals surface area contributed by atoms with Crippen LogP contribution in [0, 0.1) is 0 Å². The molecule has 0 bridgehead atoms. The number of nitrogens with one attached hydrogen (secondary N) is 1. The number of rotatable bonds is 0. The van der Waals surface area contributed by atoms with Crippen LogP contribution in [0.2, 0.25) is 0 Å². The van der Waals surface area contributed by atoms with Crippen molar-refractivity contribution in [3.63, 3.8) is 0 Å². The van der Waals surface area contributed by atoms with Crippen LogP contribution >= 0.6 is 11.5 Å². The molecule has 0 aliphatic carbocycles. The van der Waals surface area contributed by atoms with E-state index in [1.54, 1.807) is 11.5 Å². The number of fused-ring (bicyclic) bond motifs is 2. The molecule has 1 atom stereocenters. The molecule has 1 N–H and O–H groups in total. The van der Waals surface area contributed by atoms with Gasteiger partial charge in [-0.15, -0.1) is 0 Å². The minimum atomic E-state index is 0.259. The van der Waals surface area contributed by atoms with Crippen molar-refractivity contribution >= 4 is 11.5 Å². The molecule has 70 valence electrons. The van der Waals surface area contributed by atoms with E-state index in [1.165, 1.54) is 10.4 Å². The lowest BCUT2D eigenvalue weighted by Gasteiger charge is -2.31. The van der Waals surface area contributed by atoms with Gasteiger partial charge in [0, 0.05) is 41.7 Å². The first kappa shape index (κ1) is 7.91. The van der Waals surface area contributed by atoms with Crippen molar-refractivity contribution in [3.05, 3.63) is 16.6 Å². The van der Waals surface area contributed by atoms with Crippen molar-refractivity contribution in [2.24, 2.45) is 0 Å². The molecule has 2 aliphatic heterocycles. The van der Waals surface area contributed by atoms with Gasteiger partial charge in [0.15, 0.2) is 0 Å². The summed E-state index contributed by atoms with van der Waals surface area (Å²) in [4.78, 5) is 1.46. The molecule has 0 radical (unpaired) electrons. The smallest absolute Gasteiger partial charge is 0.0584 e. The van der Waals surface area contributed by atoms with Crippen molar-refractivity contribution in [2.45, 2.75) is 18.4 Å². The summed E-state index contributed by atoms with van der Waals surface area (Å²) in [7, 11) is 0. The quantitative estimate of drug-likeness (QED) is 0.669. The normalized spacial score (nSPS) is 32.3. The molecule has 1 saturated heterocycles. The molecule has 0 aromatic carbocycles. The predicted octanol–water partition coefficient (Wildman–Crippen LogP) is 0.904. The molecular formula is C9H12N2OS. The summed E-state index contributed by atoms with van der Waals surface area (Å²) in [5, 5.41) is 3.45. The molecular weight excluding hydrogens is 184 g/mol. The van der Waals surface area contributed by atoms with E-state index in [0.717, 1.165) is 32.7 Å². The molecule has 1 aromatic rings. The Bertz CT molecular complexity index is 317. The Balaban J connectivity index is 2.08. The fourth-order valence-electron chi connectivity index (χ4n) is 2.27. The Morgan fingerprint density at radius 2 is 2.62 bits per heavy atom.